The van der Waals surface area contributed by atoms with Crippen LogP contribution in [0.4, 0.5) is 4.39 Å². The standard InChI is InChI=1S/C12H16FNO2/c1-14-11(8-12-15-5-6-16-12)9-3-2-4-10(13)7-9/h2-4,7,11-12,14H,5-6,8H2,1H3. The van der Waals surface area contributed by atoms with Crippen molar-refractivity contribution in [3.63, 3.8) is 0 Å². The van der Waals surface area contributed by atoms with Gasteiger partial charge in [-0.25, -0.2) is 4.39 Å². The Balaban J connectivity index is 2.03. The van der Waals surface area contributed by atoms with E-state index in [1.807, 2.05) is 13.1 Å². The van der Waals surface area contributed by atoms with Gasteiger partial charge in [0.25, 0.3) is 0 Å². The lowest BCUT2D eigenvalue weighted by molar-refractivity contribution is -0.0526. The van der Waals surface area contributed by atoms with E-state index < -0.39 is 0 Å². The molecule has 1 aromatic rings. The number of hydrogen-bond acceptors (Lipinski definition) is 3. The summed E-state index contributed by atoms with van der Waals surface area (Å²) < 4.78 is 23.8. The number of halogens is 1. The van der Waals surface area contributed by atoms with Gasteiger partial charge in [-0.2, -0.15) is 0 Å². The molecule has 3 nitrogen and oxygen atoms in total. The predicted octanol–water partition coefficient (Wildman–Crippen LogP) is 1.85. The molecule has 0 aliphatic carbocycles. The fourth-order valence-corrected chi connectivity index (χ4v) is 1.88. The minimum atomic E-state index is -0.217. The molecular formula is C12H16FNO2. The third kappa shape index (κ3) is 2.78. The van der Waals surface area contributed by atoms with E-state index in [1.165, 1.54) is 12.1 Å². The molecule has 1 aromatic carbocycles. The average Bonchev–Trinajstić information content (AvgIpc) is 2.78. The van der Waals surface area contributed by atoms with Gasteiger partial charge < -0.3 is 14.8 Å². The van der Waals surface area contributed by atoms with Gasteiger partial charge in [0, 0.05) is 12.5 Å². The van der Waals surface area contributed by atoms with E-state index in [4.69, 9.17) is 9.47 Å². The minimum absolute atomic E-state index is 0.0544. The van der Waals surface area contributed by atoms with Crippen molar-refractivity contribution in [2.45, 2.75) is 18.8 Å². The third-order valence-electron chi connectivity index (χ3n) is 2.72. The molecule has 0 saturated carbocycles. The van der Waals surface area contributed by atoms with Crippen LogP contribution in [0, 0.1) is 5.82 Å². The summed E-state index contributed by atoms with van der Waals surface area (Å²) in [7, 11) is 1.85. The molecule has 1 fully saturated rings. The van der Waals surface area contributed by atoms with Crippen LogP contribution in [0.5, 0.6) is 0 Å². The summed E-state index contributed by atoms with van der Waals surface area (Å²) in [6.07, 6.45) is 0.515. The monoisotopic (exact) mass is 225 g/mol. The Morgan fingerprint density at radius 3 is 2.81 bits per heavy atom. The smallest absolute Gasteiger partial charge is 0.159 e. The van der Waals surface area contributed by atoms with Gasteiger partial charge in [-0.3, -0.25) is 0 Å². The highest BCUT2D eigenvalue weighted by Gasteiger charge is 2.21. The second kappa shape index (κ2) is 5.39. The first-order valence-electron chi connectivity index (χ1n) is 5.45. The number of nitrogens with one attached hydrogen (secondary N) is 1. The zero-order chi connectivity index (χ0) is 11.4. The molecule has 1 N–H and O–H groups in total. The Morgan fingerprint density at radius 2 is 2.19 bits per heavy atom. The van der Waals surface area contributed by atoms with Crippen LogP contribution in [0.15, 0.2) is 24.3 Å². The molecule has 0 spiro atoms. The summed E-state index contributed by atoms with van der Waals surface area (Å²) in [4.78, 5) is 0. The van der Waals surface area contributed by atoms with Gasteiger partial charge >= 0.3 is 0 Å². The molecule has 1 aliphatic rings. The van der Waals surface area contributed by atoms with Crippen molar-refractivity contribution >= 4 is 0 Å². The second-order valence-corrected chi connectivity index (χ2v) is 3.80. The SMILES string of the molecule is CNC(CC1OCCO1)c1cccc(F)c1. The molecule has 1 saturated heterocycles. The van der Waals surface area contributed by atoms with Crippen molar-refractivity contribution in [1.82, 2.24) is 5.32 Å². The summed E-state index contributed by atoms with van der Waals surface area (Å²) in [6.45, 7) is 1.29. The summed E-state index contributed by atoms with van der Waals surface area (Å²) in [5, 5.41) is 3.15. The van der Waals surface area contributed by atoms with Gasteiger partial charge in [-0.15, -0.1) is 0 Å². The molecule has 0 aromatic heterocycles. The quantitative estimate of drug-likeness (QED) is 0.848. The van der Waals surface area contributed by atoms with Gasteiger partial charge in [0.15, 0.2) is 6.29 Å². The molecule has 1 aliphatic heterocycles. The molecule has 1 unspecified atom stereocenters. The van der Waals surface area contributed by atoms with E-state index in [-0.39, 0.29) is 18.1 Å². The van der Waals surface area contributed by atoms with Crippen LogP contribution in [0.3, 0.4) is 0 Å². The lowest BCUT2D eigenvalue weighted by Crippen LogP contribution is -2.23. The van der Waals surface area contributed by atoms with Crippen LogP contribution in [0.25, 0.3) is 0 Å². The molecule has 4 heteroatoms. The van der Waals surface area contributed by atoms with Crippen LogP contribution in [-0.4, -0.2) is 26.6 Å². The number of hydrogen-bond donors (Lipinski definition) is 1. The van der Waals surface area contributed by atoms with Gasteiger partial charge in [0.05, 0.1) is 13.2 Å². The molecule has 0 bridgehead atoms. The number of ether oxygens (including phenoxy) is 2. The fourth-order valence-electron chi connectivity index (χ4n) is 1.88. The van der Waals surface area contributed by atoms with E-state index in [1.54, 1.807) is 6.07 Å². The summed E-state index contributed by atoms with van der Waals surface area (Å²) in [5.74, 6) is -0.217. The fraction of sp³-hybridized carbons (Fsp3) is 0.500. The highest BCUT2D eigenvalue weighted by molar-refractivity contribution is 5.20. The maximum Gasteiger partial charge on any atom is 0.159 e. The maximum atomic E-state index is 13.1. The summed E-state index contributed by atoms with van der Waals surface area (Å²) in [6, 6.07) is 6.65. The molecule has 0 radical (unpaired) electrons. The normalized spacial score (nSPS) is 18.9. The Labute approximate surface area is 94.6 Å². The maximum absolute atomic E-state index is 13.1. The number of rotatable bonds is 4. The Hall–Kier alpha value is -0.970. The lowest BCUT2D eigenvalue weighted by atomic mass is 10.0. The van der Waals surface area contributed by atoms with Crippen molar-refractivity contribution in [1.29, 1.82) is 0 Å². The van der Waals surface area contributed by atoms with Gasteiger partial charge in [-0.05, 0) is 24.7 Å². The zero-order valence-electron chi connectivity index (χ0n) is 9.28. The van der Waals surface area contributed by atoms with Gasteiger partial charge in [-0.1, -0.05) is 12.1 Å². The second-order valence-electron chi connectivity index (χ2n) is 3.80. The lowest BCUT2D eigenvalue weighted by Gasteiger charge is -2.19. The van der Waals surface area contributed by atoms with E-state index >= 15 is 0 Å². The molecule has 2 rings (SSSR count). The first kappa shape index (κ1) is 11.5. The molecule has 16 heavy (non-hydrogen) atoms. The van der Waals surface area contributed by atoms with Crippen LogP contribution in [0.1, 0.15) is 18.0 Å². The average molecular weight is 225 g/mol. The largest absolute Gasteiger partial charge is 0.350 e. The highest BCUT2D eigenvalue weighted by atomic mass is 19.1. The Morgan fingerprint density at radius 1 is 1.44 bits per heavy atom. The summed E-state index contributed by atoms with van der Waals surface area (Å²) in [5.41, 5.74) is 0.918. The molecule has 1 atom stereocenters. The van der Waals surface area contributed by atoms with Crippen molar-refractivity contribution in [2.75, 3.05) is 20.3 Å². The highest BCUT2D eigenvalue weighted by Crippen LogP contribution is 2.22. The summed E-state index contributed by atoms with van der Waals surface area (Å²) >= 11 is 0. The van der Waals surface area contributed by atoms with Crippen molar-refractivity contribution in [3.05, 3.63) is 35.6 Å². The molecule has 0 amide bonds. The van der Waals surface area contributed by atoms with Gasteiger partial charge in [0.1, 0.15) is 5.82 Å². The first-order chi connectivity index (χ1) is 7.79. The van der Waals surface area contributed by atoms with Crippen LogP contribution in [0.2, 0.25) is 0 Å². The molecule has 88 valence electrons. The van der Waals surface area contributed by atoms with Crippen molar-refractivity contribution in [2.24, 2.45) is 0 Å². The zero-order valence-corrected chi connectivity index (χ0v) is 9.28. The molecular weight excluding hydrogens is 209 g/mol. The van der Waals surface area contributed by atoms with Crippen molar-refractivity contribution < 1.29 is 13.9 Å². The first-order valence-corrected chi connectivity index (χ1v) is 5.45. The van der Waals surface area contributed by atoms with Crippen LogP contribution < -0.4 is 5.32 Å². The Kier molecular flexibility index (Phi) is 3.88. The van der Waals surface area contributed by atoms with Crippen LogP contribution in [-0.2, 0) is 9.47 Å². The van der Waals surface area contributed by atoms with Crippen LogP contribution >= 0.6 is 0 Å². The van der Waals surface area contributed by atoms with Crippen molar-refractivity contribution in [3.8, 4) is 0 Å². The van der Waals surface area contributed by atoms with E-state index in [2.05, 4.69) is 5.32 Å². The van der Waals surface area contributed by atoms with Gasteiger partial charge in [0.2, 0.25) is 0 Å². The van der Waals surface area contributed by atoms with E-state index in [9.17, 15) is 4.39 Å². The number of benzene rings is 1. The Bertz CT molecular complexity index is 340. The van der Waals surface area contributed by atoms with E-state index in [0.29, 0.717) is 19.6 Å². The molecule has 1 heterocycles. The topological polar surface area (TPSA) is 30.5 Å². The predicted molar refractivity (Wildman–Crippen MR) is 58.5 cm³/mol. The third-order valence-corrected chi connectivity index (χ3v) is 2.72. The minimum Gasteiger partial charge on any atom is -0.350 e. The van der Waals surface area contributed by atoms with E-state index in [0.717, 1.165) is 5.56 Å².